The molecule has 0 aromatic carbocycles. The van der Waals surface area contributed by atoms with Gasteiger partial charge in [-0.25, -0.2) is 33.6 Å². The van der Waals surface area contributed by atoms with Crippen LogP contribution in [0.1, 0.15) is 159 Å². The number of alkyl halides is 4. The third-order valence-electron chi connectivity index (χ3n) is 21.3. The zero-order chi connectivity index (χ0) is 94.4. The number of halogens is 4. The van der Waals surface area contributed by atoms with Gasteiger partial charge in [0.05, 0.1) is 109 Å². The van der Waals surface area contributed by atoms with Crippen LogP contribution in [0.2, 0.25) is 0 Å². The van der Waals surface area contributed by atoms with E-state index in [4.69, 9.17) is 106 Å². The van der Waals surface area contributed by atoms with Gasteiger partial charge < -0.3 is 120 Å². The van der Waals surface area contributed by atoms with Crippen LogP contribution in [0.15, 0.2) is 85.6 Å². The molecule has 0 radical (unpaired) electrons. The van der Waals surface area contributed by atoms with Crippen molar-refractivity contribution in [3.8, 4) is 0 Å². The van der Waals surface area contributed by atoms with Gasteiger partial charge in [0.25, 0.3) is 0 Å². The molecule has 36 heteroatoms. The summed E-state index contributed by atoms with van der Waals surface area (Å²) >= 11 is 5.51. The van der Waals surface area contributed by atoms with Crippen molar-refractivity contribution in [3.63, 3.8) is 0 Å². The molecule has 0 amide bonds. The van der Waals surface area contributed by atoms with E-state index in [1.807, 2.05) is 34.6 Å². The van der Waals surface area contributed by atoms with Crippen molar-refractivity contribution < 1.29 is 167 Å². The highest BCUT2D eigenvalue weighted by Gasteiger charge is 2.57. The number of fused-ring (bicyclic) bond motifs is 1. The lowest BCUT2D eigenvalue weighted by Crippen LogP contribution is -2.68. The molecule has 2 aliphatic heterocycles. The standard InChI is InChI=1S/C15H22O3.C14H22O7.C14H22O4.C14H26O4.C12H19ClO3.C12H17F3O7.C9H14O4/c1-2-14(16)17-3-4-18-15-8-11-5-12(9-15)7-13(6-11)10-15;1-7(2)14(16)21-13-9(17-3)8(15)10-12(11(13)18-4)20-6-5-19-10;1-3-10(2)14(15)18-13(8-16-11-4-5-11)9-17-12-6-7-12;1-7-16-10-12(18-13(15)11(2)3)8-9-17-14(4,5)6;1-9(2)7-15-8-12(4-5-12)16-11(14)10(3)6-13;1-4(12(13,14)15)11(19)22-10-8(20-2)6(17)5(16)7(18)9(10)21-3;1-7(2)9(10)13-8-5-11-3-4-12-6-8/h2,11-13H,1,3-10H2;8-13,15H,1,5-6H2,2-4H3;11-13H,2-9H2,1H3;12H,2,7-10H2,1,3-6H3;9H,3-8H2,1-2H3;5-10,16-18H,1H2,2-3H3;8H,1,3-6H2,2H3. The fourth-order valence-electron chi connectivity index (χ4n) is 14.4. The lowest BCUT2D eigenvalue weighted by molar-refractivity contribution is -0.283. The van der Waals surface area contributed by atoms with Crippen LogP contribution in [0.5, 0.6) is 0 Å². The number of carbonyl (C=O) groups is 7. The largest absolute Gasteiger partial charge is 0.460 e. The molecular formula is C90H142ClF3O32. The van der Waals surface area contributed by atoms with Crippen LogP contribution in [-0.4, -0.2) is 322 Å². The van der Waals surface area contributed by atoms with Crippen LogP contribution in [0.4, 0.5) is 13.2 Å². The topological polar surface area (TPSA) is 394 Å². The number of aliphatic hydroxyl groups is 4. The number of methoxy groups -OCH3 is 4. The molecule has 4 N–H and O–H groups in total. The number of aliphatic hydroxyl groups excluding tert-OH is 4. The number of hydrogen-bond acceptors (Lipinski definition) is 32. The summed E-state index contributed by atoms with van der Waals surface area (Å²) in [5, 5.41) is 39.6. The lowest BCUT2D eigenvalue weighted by Gasteiger charge is -2.56. The molecule has 0 aromatic heterocycles. The highest BCUT2D eigenvalue weighted by atomic mass is 35.5. The summed E-state index contributed by atoms with van der Waals surface area (Å²) in [4.78, 5) is 79.9. The molecule has 9 aliphatic carbocycles. The Morgan fingerprint density at radius 1 is 0.540 bits per heavy atom. The van der Waals surface area contributed by atoms with Crippen LogP contribution < -0.4 is 0 Å². The van der Waals surface area contributed by atoms with Crippen molar-refractivity contribution >= 4 is 53.4 Å². The van der Waals surface area contributed by atoms with E-state index in [2.05, 4.69) is 64.6 Å². The van der Waals surface area contributed by atoms with Gasteiger partial charge in [0.2, 0.25) is 0 Å². The molecule has 11 atom stereocenters. The maximum atomic E-state index is 12.4. The van der Waals surface area contributed by atoms with E-state index >= 15 is 0 Å². The van der Waals surface area contributed by atoms with Crippen LogP contribution in [-0.2, 0) is 133 Å². The van der Waals surface area contributed by atoms with Crippen molar-refractivity contribution in [2.24, 2.45) is 23.7 Å². The highest BCUT2D eigenvalue weighted by molar-refractivity contribution is 6.22. The monoisotopic (exact) mass is 1830 g/mol. The van der Waals surface area contributed by atoms with Gasteiger partial charge in [0, 0.05) is 82.0 Å². The second-order valence-corrected chi connectivity index (χ2v) is 34.5. The minimum Gasteiger partial charge on any atom is -0.460 e. The maximum absolute atomic E-state index is 12.4. The van der Waals surface area contributed by atoms with Gasteiger partial charge in [-0.2, -0.15) is 13.2 Å². The molecule has 4 bridgehead atoms. The van der Waals surface area contributed by atoms with Gasteiger partial charge in [-0.3, -0.25) is 0 Å². The smallest absolute Gasteiger partial charge is 0.422 e. The van der Waals surface area contributed by atoms with E-state index in [1.54, 1.807) is 20.8 Å². The molecule has 0 aromatic rings. The first kappa shape index (κ1) is 112. The van der Waals surface area contributed by atoms with Crippen LogP contribution >= 0.6 is 11.6 Å². The fraction of sp³-hybridized carbons (Fsp3) is 0.767. The van der Waals surface area contributed by atoms with Crippen molar-refractivity contribution in [2.75, 3.05) is 133 Å². The van der Waals surface area contributed by atoms with E-state index in [9.17, 15) is 67.2 Å². The molecule has 11 unspecified atom stereocenters. The summed E-state index contributed by atoms with van der Waals surface area (Å²) < 4.78 is 149. The predicted octanol–water partition coefficient (Wildman–Crippen LogP) is 9.50. The minimum absolute atomic E-state index is 0.113. The molecule has 0 spiro atoms. The van der Waals surface area contributed by atoms with Crippen molar-refractivity contribution in [3.05, 3.63) is 85.6 Å². The highest BCUT2D eigenvalue weighted by Crippen LogP contribution is 2.57. The second-order valence-electron chi connectivity index (χ2n) is 34.2. The summed E-state index contributed by atoms with van der Waals surface area (Å²) in [5.74, 6) is -0.929. The van der Waals surface area contributed by atoms with Gasteiger partial charge in [-0.05, 0) is 156 Å². The van der Waals surface area contributed by atoms with E-state index < -0.39 is 109 Å². The molecule has 9 saturated carbocycles. The molecule has 11 aliphatic rings. The third-order valence-corrected chi connectivity index (χ3v) is 21.6. The average molecular weight is 1830 g/mol. The summed E-state index contributed by atoms with van der Waals surface area (Å²) in [6.07, 6.45) is -2.21. The lowest BCUT2D eigenvalue weighted by atomic mass is 9.54. The number of rotatable bonds is 39. The normalized spacial score (nSPS) is 27.4. The van der Waals surface area contributed by atoms with Gasteiger partial charge >= 0.3 is 48.0 Å². The summed E-state index contributed by atoms with van der Waals surface area (Å²) in [7, 11) is 5.10. The van der Waals surface area contributed by atoms with Crippen LogP contribution in [0, 0.1) is 23.7 Å². The Labute approximate surface area is 745 Å². The van der Waals surface area contributed by atoms with Crippen LogP contribution in [0.3, 0.4) is 0 Å². The van der Waals surface area contributed by atoms with Crippen molar-refractivity contribution in [1.82, 2.24) is 0 Å². The SMILES string of the molecule is C=C(C(=O)OC1C(OC)C(O)C(O)C(O)C1OC)C(F)(F)F.C=C(C)C(=O)OC(CCOC(C)(C)C)COCC.C=C(C)C(=O)OC1C(OC)C(O)C2OCCOC2C1OC.C=C(C)C(=O)OC1COCCOC1.C=C(CC)C(=O)OC(COC1CC1)COC1CC1.C=C(CCl)C(=O)OC1(COCC(C)C)CC1.C=CC(=O)OCCOC12CC3CC(CC(C3)C1)C2. The van der Waals surface area contributed by atoms with E-state index in [1.165, 1.54) is 58.8 Å². The minimum atomic E-state index is -4.99. The Morgan fingerprint density at radius 2 is 1.02 bits per heavy atom. The zero-order valence-corrected chi connectivity index (χ0v) is 76.9. The van der Waals surface area contributed by atoms with E-state index in [0.717, 1.165) is 70.5 Å². The van der Waals surface area contributed by atoms with Gasteiger partial charge in [0.1, 0.15) is 97.1 Å². The molecule has 11 fully saturated rings. The number of hydrogen-bond donors (Lipinski definition) is 4. The second kappa shape index (κ2) is 55.9. The molecular weight excluding hydrogens is 1690 g/mol. The quantitative estimate of drug-likeness (QED) is 0.0146. The van der Waals surface area contributed by atoms with Crippen molar-refractivity contribution in [1.29, 1.82) is 0 Å². The fourth-order valence-corrected chi connectivity index (χ4v) is 14.5. The van der Waals surface area contributed by atoms with Crippen LogP contribution in [0.25, 0.3) is 0 Å². The zero-order valence-electron chi connectivity index (χ0n) is 76.1. The van der Waals surface area contributed by atoms with Gasteiger partial charge in [-0.1, -0.05) is 66.8 Å². The van der Waals surface area contributed by atoms with Gasteiger partial charge in [-0.15, -0.1) is 11.6 Å². The van der Waals surface area contributed by atoms with E-state index in [0.29, 0.717) is 152 Å². The Hall–Kier alpha value is -6.17. The summed E-state index contributed by atoms with van der Waals surface area (Å²) in [6, 6.07) is 0. The molecule has 2 saturated heterocycles. The number of esters is 7. The Balaban J connectivity index is 0.000000310. The molecule has 126 heavy (non-hydrogen) atoms. The Bertz CT molecular complexity index is 3370. The Morgan fingerprint density at radius 3 is 1.45 bits per heavy atom. The maximum Gasteiger partial charge on any atom is 0.422 e. The Kier molecular flexibility index (Phi) is 49.7. The molecule has 722 valence electrons. The molecule has 11 rings (SSSR count). The number of ether oxygens (including phenoxy) is 21. The average Bonchev–Trinajstić information content (AvgIpc) is 1.00. The summed E-state index contributed by atoms with van der Waals surface area (Å²) in [5.41, 5.74) is -0.373. The van der Waals surface area contributed by atoms with Crippen molar-refractivity contribution in [2.45, 2.75) is 286 Å². The first-order chi connectivity index (χ1) is 59.4. The number of carbonyl (C=O) groups excluding carboxylic acids is 7. The first-order valence-electron chi connectivity index (χ1n) is 43.0. The van der Waals surface area contributed by atoms with E-state index in [-0.39, 0.29) is 64.8 Å². The summed E-state index contributed by atoms with van der Waals surface area (Å²) in [6.45, 7) is 49.7. The first-order valence-corrected chi connectivity index (χ1v) is 43.5. The predicted molar refractivity (Wildman–Crippen MR) is 453 cm³/mol. The van der Waals surface area contributed by atoms with Gasteiger partial charge in [0.15, 0.2) is 12.2 Å². The molecule has 32 nitrogen and oxygen atoms in total. The third kappa shape index (κ3) is 39.9. The molecule has 2 heterocycles.